The van der Waals surface area contributed by atoms with Crippen LogP contribution in [-0.2, 0) is 20.0 Å². The summed E-state index contributed by atoms with van der Waals surface area (Å²) in [6.07, 6.45) is 0.811. The zero-order valence-electron chi connectivity index (χ0n) is 14.6. The van der Waals surface area contributed by atoms with Crippen LogP contribution in [-0.4, -0.2) is 29.3 Å². The maximum atomic E-state index is 12.9. The SMILES string of the molecule is CN=C(NCCc1ccc(F)cc1)NCc1c(C)nn(C)c1C.I. The summed E-state index contributed by atoms with van der Waals surface area (Å²) in [6.45, 7) is 5.48. The summed E-state index contributed by atoms with van der Waals surface area (Å²) < 4.78 is 14.8. The molecular formula is C17H25FIN5. The fourth-order valence-corrected chi connectivity index (χ4v) is 2.44. The normalized spacial score (nSPS) is 11.1. The number of halogens is 2. The van der Waals surface area contributed by atoms with Crippen LogP contribution in [0.25, 0.3) is 0 Å². The Morgan fingerprint density at radius 3 is 2.42 bits per heavy atom. The smallest absolute Gasteiger partial charge is 0.191 e. The van der Waals surface area contributed by atoms with Crippen molar-refractivity contribution in [1.82, 2.24) is 20.4 Å². The molecule has 0 bridgehead atoms. The first-order chi connectivity index (χ1) is 11.0. The Labute approximate surface area is 159 Å². The summed E-state index contributed by atoms with van der Waals surface area (Å²) in [5.41, 5.74) is 4.46. The van der Waals surface area contributed by atoms with Crippen molar-refractivity contribution in [2.24, 2.45) is 12.0 Å². The second kappa shape index (κ2) is 9.61. The second-order valence-corrected chi connectivity index (χ2v) is 5.50. The van der Waals surface area contributed by atoms with Crippen LogP contribution < -0.4 is 10.6 Å². The quantitative estimate of drug-likeness (QED) is 0.423. The van der Waals surface area contributed by atoms with Crippen LogP contribution in [0.5, 0.6) is 0 Å². The van der Waals surface area contributed by atoms with E-state index in [0.717, 1.165) is 35.9 Å². The summed E-state index contributed by atoms with van der Waals surface area (Å²) in [5.74, 6) is 0.538. The lowest BCUT2D eigenvalue weighted by Crippen LogP contribution is -2.38. The fraction of sp³-hybridized carbons (Fsp3) is 0.412. The van der Waals surface area contributed by atoms with Crippen LogP contribution in [0.15, 0.2) is 29.3 Å². The molecule has 132 valence electrons. The van der Waals surface area contributed by atoms with E-state index in [4.69, 9.17) is 0 Å². The van der Waals surface area contributed by atoms with Gasteiger partial charge in [0.2, 0.25) is 0 Å². The number of aryl methyl sites for hydroxylation is 2. The van der Waals surface area contributed by atoms with Gasteiger partial charge in [0, 0.05) is 38.4 Å². The van der Waals surface area contributed by atoms with Crippen molar-refractivity contribution in [3.05, 3.63) is 52.6 Å². The van der Waals surface area contributed by atoms with Crippen molar-refractivity contribution in [1.29, 1.82) is 0 Å². The first-order valence-corrected chi connectivity index (χ1v) is 7.69. The number of hydrogen-bond donors (Lipinski definition) is 2. The van der Waals surface area contributed by atoms with E-state index >= 15 is 0 Å². The van der Waals surface area contributed by atoms with E-state index in [0.29, 0.717) is 6.54 Å². The van der Waals surface area contributed by atoms with E-state index < -0.39 is 0 Å². The number of nitrogens with zero attached hydrogens (tertiary/aromatic N) is 3. The van der Waals surface area contributed by atoms with Crippen LogP contribution in [0.4, 0.5) is 4.39 Å². The zero-order valence-corrected chi connectivity index (χ0v) is 16.9. The maximum Gasteiger partial charge on any atom is 0.191 e. The van der Waals surface area contributed by atoms with Gasteiger partial charge in [-0.3, -0.25) is 9.67 Å². The average Bonchev–Trinajstić information content (AvgIpc) is 2.78. The number of rotatable bonds is 5. The summed E-state index contributed by atoms with van der Waals surface area (Å²) in [4.78, 5) is 4.22. The minimum Gasteiger partial charge on any atom is -0.356 e. The molecule has 2 N–H and O–H groups in total. The molecule has 0 aliphatic carbocycles. The predicted molar refractivity (Wildman–Crippen MR) is 106 cm³/mol. The molecule has 0 fully saturated rings. The van der Waals surface area contributed by atoms with E-state index in [9.17, 15) is 4.39 Å². The molecule has 24 heavy (non-hydrogen) atoms. The molecule has 0 radical (unpaired) electrons. The monoisotopic (exact) mass is 445 g/mol. The van der Waals surface area contributed by atoms with Crippen LogP contribution in [0.2, 0.25) is 0 Å². The lowest BCUT2D eigenvalue weighted by molar-refractivity contribution is 0.626. The molecular weight excluding hydrogens is 420 g/mol. The van der Waals surface area contributed by atoms with Crippen LogP contribution >= 0.6 is 24.0 Å². The number of guanidine groups is 1. The number of benzene rings is 1. The van der Waals surface area contributed by atoms with E-state index in [2.05, 4.69) is 27.6 Å². The van der Waals surface area contributed by atoms with Gasteiger partial charge in [0.05, 0.1) is 5.69 Å². The third kappa shape index (κ3) is 5.47. The Bertz CT molecular complexity index is 679. The highest BCUT2D eigenvalue weighted by molar-refractivity contribution is 14.0. The Morgan fingerprint density at radius 1 is 1.21 bits per heavy atom. The maximum absolute atomic E-state index is 12.9. The van der Waals surface area contributed by atoms with Crippen LogP contribution in [0, 0.1) is 19.7 Å². The Balaban J connectivity index is 0.00000288. The lowest BCUT2D eigenvalue weighted by atomic mass is 10.1. The third-order valence-electron chi connectivity index (χ3n) is 3.93. The van der Waals surface area contributed by atoms with Gasteiger partial charge < -0.3 is 10.6 Å². The Morgan fingerprint density at radius 2 is 1.88 bits per heavy atom. The highest BCUT2D eigenvalue weighted by Gasteiger charge is 2.09. The van der Waals surface area contributed by atoms with Crippen molar-refractivity contribution >= 4 is 29.9 Å². The average molecular weight is 445 g/mol. The topological polar surface area (TPSA) is 54.2 Å². The first kappa shape index (κ1) is 20.4. The molecule has 1 aromatic carbocycles. The van der Waals surface area contributed by atoms with Crippen molar-refractivity contribution in [2.45, 2.75) is 26.8 Å². The number of nitrogens with one attached hydrogen (secondary N) is 2. The van der Waals surface area contributed by atoms with E-state index in [1.165, 1.54) is 17.7 Å². The summed E-state index contributed by atoms with van der Waals surface area (Å²) in [7, 11) is 3.69. The Kier molecular flexibility index (Phi) is 8.17. The van der Waals surface area contributed by atoms with Crippen molar-refractivity contribution < 1.29 is 4.39 Å². The molecule has 5 nitrogen and oxygen atoms in total. The highest BCUT2D eigenvalue weighted by Crippen LogP contribution is 2.11. The predicted octanol–water partition coefficient (Wildman–Crippen LogP) is 2.70. The van der Waals surface area contributed by atoms with Gasteiger partial charge in [-0.2, -0.15) is 5.10 Å². The summed E-state index contributed by atoms with van der Waals surface area (Å²) in [5, 5.41) is 11.0. The molecule has 0 unspecified atom stereocenters. The van der Waals surface area contributed by atoms with Crippen molar-refractivity contribution in [2.75, 3.05) is 13.6 Å². The van der Waals surface area contributed by atoms with Gasteiger partial charge in [0.25, 0.3) is 0 Å². The third-order valence-corrected chi connectivity index (χ3v) is 3.93. The van der Waals surface area contributed by atoms with Gasteiger partial charge in [-0.1, -0.05) is 12.1 Å². The minimum absolute atomic E-state index is 0. The zero-order chi connectivity index (χ0) is 16.8. The van der Waals surface area contributed by atoms with E-state index in [1.54, 1.807) is 19.2 Å². The second-order valence-electron chi connectivity index (χ2n) is 5.50. The van der Waals surface area contributed by atoms with Crippen LogP contribution in [0.1, 0.15) is 22.5 Å². The standard InChI is InChI=1S/C17H24FN5.HI/c1-12-16(13(2)23(4)22-12)11-21-17(19-3)20-10-9-14-5-7-15(18)8-6-14;/h5-8H,9-11H2,1-4H3,(H2,19,20,21);1H. The lowest BCUT2D eigenvalue weighted by Gasteiger charge is -2.12. The van der Waals surface area contributed by atoms with Gasteiger partial charge in [-0.05, 0) is 38.0 Å². The van der Waals surface area contributed by atoms with Gasteiger partial charge >= 0.3 is 0 Å². The minimum atomic E-state index is -0.207. The molecule has 2 aromatic rings. The van der Waals surface area contributed by atoms with Gasteiger partial charge in [-0.25, -0.2) is 4.39 Å². The molecule has 0 amide bonds. The molecule has 1 heterocycles. The largest absolute Gasteiger partial charge is 0.356 e. The molecule has 7 heteroatoms. The number of hydrogen-bond acceptors (Lipinski definition) is 2. The summed E-state index contributed by atoms with van der Waals surface area (Å²) >= 11 is 0. The van der Waals surface area contributed by atoms with Gasteiger partial charge in [0.1, 0.15) is 5.82 Å². The first-order valence-electron chi connectivity index (χ1n) is 7.69. The molecule has 2 rings (SSSR count). The van der Waals surface area contributed by atoms with Crippen molar-refractivity contribution in [3.8, 4) is 0 Å². The number of aliphatic imine (C=N–C) groups is 1. The molecule has 0 saturated carbocycles. The van der Waals surface area contributed by atoms with Crippen LogP contribution in [0.3, 0.4) is 0 Å². The molecule has 1 aromatic heterocycles. The van der Waals surface area contributed by atoms with Gasteiger partial charge in [0.15, 0.2) is 5.96 Å². The molecule has 0 saturated heterocycles. The molecule has 0 spiro atoms. The van der Waals surface area contributed by atoms with Crippen molar-refractivity contribution in [3.63, 3.8) is 0 Å². The molecule has 0 atom stereocenters. The van der Waals surface area contributed by atoms with E-state index in [-0.39, 0.29) is 29.8 Å². The highest BCUT2D eigenvalue weighted by atomic mass is 127. The molecule has 0 aliphatic heterocycles. The molecule has 0 aliphatic rings. The number of aromatic nitrogens is 2. The Hall–Kier alpha value is -1.64. The fourth-order valence-electron chi connectivity index (χ4n) is 2.44. The summed E-state index contributed by atoms with van der Waals surface area (Å²) in [6, 6.07) is 6.57. The van der Waals surface area contributed by atoms with E-state index in [1.807, 2.05) is 18.7 Å². The van der Waals surface area contributed by atoms with Gasteiger partial charge in [-0.15, -0.1) is 24.0 Å².